The van der Waals surface area contributed by atoms with E-state index >= 15 is 0 Å². The zero-order valence-electron chi connectivity index (χ0n) is 11.6. The maximum atomic E-state index is 13.0. The summed E-state index contributed by atoms with van der Waals surface area (Å²) >= 11 is 17.1. The summed E-state index contributed by atoms with van der Waals surface area (Å²) in [6.07, 6.45) is 0. The van der Waals surface area contributed by atoms with Gasteiger partial charge in [-0.15, -0.1) is 0 Å². The number of hydrogen-bond acceptors (Lipinski definition) is 2. The quantitative estimate of drug-likeness (QED) is 0.780. The topological polar surface area (TPSA) is 33.3 Å². The van der Waals surface area contributed by atoms with Gasteiger partial charge in [-0.25, -0.2) is 4.39 Å². The van der Waals surface area contributed by atoms with E-state index in [0.717, 1.165) is 5.56 Å². The fraction of sp³-hybridized carbons (Fsp3) is 0.133. The van der Waals surface area contributed by atoms with Crippen molar-refractivity contribution >= 4 is 46.2 Å². The number of methoxy groups -OCH3 is 1. The zero-order valence-corrected chi connectivity index (χ0v) is 13.9. The van der Waals surface area contributed by atoms with Gasteiger partial charge in [0.15, 0.2) is 5.11 Å². The largest absolute Gasteiger partial charge is 0.495 e. The Morgan fingerprint density at radius 2 is 2.00 bits per heavy atom. The van der Waals surface area contributed by atoms with Gasteiger partial charge in [0.05, 0.1) is 12.8 Å². The molecule has 2 N–H and O–H groups in total. The Morgan fingerprint density at radius 3 is 2.68 bits per heavy atom. The lowest BCUT2D eigenvalue weighted by Gasteiger charge is -2.14. The summed E-state index contributed by atoms with van der Waals surface area (Å²) in [5.41, 5.74) is 1.39. The Labute approximate surface area is 143 Å². The van der Waals surface area contributed by atoms with Gasteiger partial charge in [-0.3, -0.25) is 0 Å². The van der Waals surface area contributed by atoms with Crippen LogP contribution < -0.4 is 15.4 Å². The molecule has 116 valence electrons. The van der Waals surface area contributed by atoms with Crippen molar-refractivity contribution in [1.82, 2.24) is 5.32 Å². The Balaban J connectivity index is 2.00. The predicted molar refractivity (Wildman–Crippen MR) is 92.5 cm³/mol. The van der Waals surface area contributed by atoms with E-state index in [1.165, 1.54) is 12.1 Å². The van der Waals surface area contributed by atoms with E-state index in [0.29, 0.717) is 33.1 Å². The normalized spacial score (nSPS) is 10.2. The summed E-state index contributed by atoms with van der Waals surface area (Å²) < 4.78 is 18.2. The number of ether oxygens (including phenoxy) is 1. The first-order valence-corrected chi connectivity index (χ1v) is 7.48. The van der Waals surface area contributed by atoms with Crippen LogP contribution in [0.25, 0.3) is 0 Å². The lowest BCUT2D eigenvalue weighted by Crippen LogP contribution is -2.28. The summed E-state index contributed by atoms with van der Waals surface area (Å²) in [5, 5.41) is 7.27. The highest BCUT2D eigenvalue weighted by Crippen LogP contribution is 2.27. The second kappa shape index (κ2) is 7.63. The molecule has 0 aliphatic heterocycles. The van der Waals surface area contributed by atoms with E-state index < -0.39 is 0 Å². The summed E-state index contributed by atoms with van der Waals surface area (Å²) in [6, 6.07) is 9.38. The molecular weight excluding hydrogens is 346 g/mol. The second-order valence-electron chi connectivity index (χ2n) is 4.39. The minimum Gasteiger partial charge on any atom is -0.495 e. The maximum absolute atomic E-state index is 13.0. The third kappa shape index (κ3) is 4.47. The van der Waals surface area contributed by atoms with E-state index in [4.69, 9.17) is 40.2 Å². The van der Waals surface area contributed by atoms with Crippen LogP contribution in [0.5, 0.6) is 5.75 Å². The Kier molecular flexibility index (Phi) is 5.83. The third-order valence-electron chi connectivity index (χ3n) is 2.86. The molecule has 0 aliphatic rings. The van der Waals surface area contributed by atoms with E-state index in [1.54, 1.807) is 31.4 Å². The molecule has 2 aromatic rings. The summed E-state index contributed by atoms with van der Waals surface area (Å²) in [5.74, 6) is 0.242. The smallest absolute Gasteiger partial charge is 0.171 e. The third-order valence-corrected chi connectivity index (χ3v) is 3.70. The van der Waals surface area contributed by atoms with Crippen molar-refractivity contribution in [2.45, 2.75) is 6.54 Å². The Morgan fingerprint density at radius 1 is 1.23 bits per heavy atom. The van der Waals surface area contributed by atoms with Gasteiger partial charge in [-0.2, -0.15) is 0 Å². The van der Waals surface area contributed by atoms with E-state index in [2.05, 4.69) is 10.6 Å². The fourth-order valence-corrected chi connectivity index (χ4v) is 2.37. The van der Waals surface area contributed by atoms with E-state index in [-0.39, 0.29) is 5.82 Å². The zero-order chi connectivity index (χ0) is 16.1. The van der Waals surface area contributed by atoms with Gasteiger partial charge in [-0.1, -0.05) is 29.3 Å². The van der Waals surface area contributed by atoms with E-state index in [1.807, 2.05) is 0 Å². The van der Waals surface area contributed by atoms with Crippen LogP contribution in [0.2, 0.25) is 10.0 Å². The standard InChI is InChI=1S/C15H13Cl2FN2OS/c1-21-14-5-3-10(16)6-13(14)20-15(22)19-8-9-2-4-11(18)7-12(9)17/h2-7H,8H2,1H3,(H2,19,20,22). The second-order valence-corrected chi connectivity index (χ2v) is 5.64. The number of halogens is 3. The van der Waals surface area contributed by atoms with Crippen LogP contribution in [0.1, 0.15) is 5.56 Å². The van der Waals surface area contributed by atoms with Crippen LogP contribution in [0, 0.1) is 5.82 Å². The van der Waals surface area contributed by atoms with Crippen LogP contribution in [0.3, 0.4) is 0 Å². The summed E-state index contributed by atoms with van der Waals surface area (Å²) in [4.78, 5) is 0. The first-order chi connectivity index (χ1) is 10.5. The molecule has 0 amide bonds. The molecule has 3 nitrogen and oxygen atoms in total. The molecule has 2 aromatic carbocycles. The molecule has 0 spiro atoms. The molecule has 0 aliphatic carbocycles. The van der Waals surface area contributed by atoms with Crippen molar-refractivity contribution in [1.29, 1.82) is 0 Å². The number of benzene rings is 2. The van der Waals surface area contributed by atoms with E-state index in [9.17, 15) is 4.39 Å². The number of rotatable bonds is 4. The molecule has 0 heterocycles. The minimum atomic E-state index is -0.377. The van der Waals surface area contributed by atoms with Crippen molar-refractivity contribution in [3.63, 3.8) is 0 Å². The average molecular weight is 359 g/mol. The van der Waals surface area contributed by atoms with Gasteiger partial charge in [0, 0.05) is 16.6 Å². The lowest BCUT2D eigenvalue weighted by atomic mass is 10.2. The lowest BCUT2D eigenvalue weighted by molar-refractivity contribution is 0.417. The molecule has 0 radical (unpaired) electrons. The van der Waals surface area contributed by atoms with Gasteiger partial charge >= 0.3 is 0 Å². The van der Waals surface area contributed by atoms with Gasteiger partial charge in [-0.05, 0) is 48.1 Å². The van der Waals surface area contributed by atoms with Crippen molar-refractivity contribution < 1.29 is 9.13 Å². The molecule has 0 unspecified atom stereocenters. The molecule has 2 rings (SSSR count). The van der Waals surface area contributed by atoms with Crippen molar-refractivity contribution in [3.05, 3.63) is 57.8 Å². The molecule has 7 heteroatoms. The molecule has 22 heavy (non-hydrogen) atoms. The predicted octanol–water partition coefficient (Wildman–Crippen LogP) is 4.63. The van der Waals surface area contributed by atoms with Crippen molar-refractivity contribution in [3.8, 4) is 5.75 Å². The van der Waals surface area contributed by atoms with Crippen molar-refractivity contribution in [2.75, 3.05) is 12.4 Å². The van der Waals surface area contributed by atoms with Gasteiger partial charge in [0.1, 0.15) is 11.6 Å². The summed E-state index contributed by atoms with van der Waals surface area (Å²) in [7, 11) is 1.56. The molecule has 0 atom stereocenters. The summed E-state index contributed by atoms with van der Waals surface area (Å²) in [6.45, 7) is 0.369. The fourth-order valence-electron chi connectivity index (χ4n) is 1.78. The first kappa shape index (κ1) is 16.8. The maximum Gasteiger partial charge on any atom is 0.171 e. The van der Waals surface area contributed by atoms with Crippen LogP contribution in [0.4, 0.5) is 10.1 Å². The molecule has 0 fully saturated rings. The number of nitrogens with one attached hydrogen (secondary N) is 2. The SMILES string of the molecule is COc1ccc(Cl)cc1NC(=S)NCc1ccc(F)cc1Cl. The van der Waals surface area contributed by atoms with Crippen LogP contribution in [-0.4, -0.2) is 12.2 Å². The monoisotopic (exact) mass is 358 g/mol. The number of anilines is 1. The Hall–Kier alpha value is -1.56. The van der Waals surface area contributed by atoms with Crippen LogP contribution >= 0.6 is 35.4 Å². The molecule has 0 aromatic heterocycles. The van der Waals surface area contributed by atoms with Gasteiger partial charge in [0.2, 0.25) is 0 Å². The van der Waals surface area contributed by atoms with Crippen molar-refractivity contribution in [2.24, 2.45) is 0 Å². The van der Waals surface area contributed by atoms with Gasteiger partial charge < -0.3 is 15.4 Å². The molecule has 0 saturated carbocycles. The number of thiocarbonyl (C=S) groups is 1. The molecular formula is C15H13Cl2FN2OS. The molecule has 0 bridgehead atoms. The highest BCUT2D eigenvalue weighted by Gasteiger charge is 2.07. The minimum absolute atomic E-state index is 0.343. The first-order valence-electron chi connectivity index (χ1n) is 6.32. The van der Waals surface area contributed by atoms with Crippen LogP contribution in [-0.2, 0) is 6.54 Å². The Bertz CT molecular complexity index is 697. The highest BCUT2D eigenvalue weighted by atomic mass is 35.5. The molecule has 0 saturated heterocycles. The van der Waals surface area contributed by atoms with Crippen LogP contribution in [0.15, 0.2) is 36.4 Å². The average Bonchev–Trinajstić information content (AvgIpc) is 2.46. The highest BCUT2D eigenvalue weighted by molar-refractivity contribution is 7.80. The van der Waals surface area contributed by atoms with Gasteiger partial charge in [0.25, 0.3) is 0 Å². The number of hydrogen-bond donors (Lipinski definition) is 2.